The van der Waals surface area contributed by atoms with Gasteiger partial charge in [-0.3, -0.25) is 9.69 Å². The van der Waals surface area contributed by atoms with Crippen molar-refractivity contribution < 1.29 is 23.8 Å². The number of anilines is 1. The van der Waals surface area contributed by atoms with Crippen molar-refractivity contribution in [2.24, 2.45) is 0 Å². The first-order valence-electron chi connectivity index (χ1n) is 9.45. The van der Waals surface area contributed by atoms with Crippen molar-refractivity contribution in [3.05, 3.63) is 23.9 Å². The quantitative estimate of drug-likeness (QED) is 0.737. The van der Waals surface area contributed by atoms with Gasteiger partial charge in [0.05, 0.1) is 43.7 Å². The standard InChI is InChI=1S/C20H27N3O5/c1-5-27-20(25)19-18(15-7-6-14(26-4)8-16(15)21-19)22-17(24)11-23-9-12(2)28-13(3)10-23/h6-8,12-13,21H,5,9-11H2,1-4H3,(H,22,24). The molecule has 0 aliphatic carbocycles. The molecule has 1 saturated heterocycles. The van der Waals surface area contributed by atoms with Gasteiger partial charge in [-0.15, -0.1) is 0 Å². The van der Waals surface area contributed by atoms with Crippen molar-refractivity contribution >= 4 is 28.5 Å². The fourth-order valence-corrected chi connectivity index (χ4v) is 3.59. The molecule has 1 fully saturated rings. The van der Waals surface area contributed by atoms with E-state index in [0.717, 1.165) is 5.39 Å². The van der Waals surface area contributed by atoms with E-state index in [0.29, 0.717) is 30.0 Å². The summed E-state index contributed by atoms with van der Waals surface area (Å²) in [6, 6.07) is 5.37. The number of hydrogen-bond acceptors (Lipinski definition) is 6. The molecular formula is C20H27N3O5. The molecule has 0 saturated carbocycles. The first kappa shape index (κ1) is 20.2. The van der Waals surface area contributed by atoms with Crippen LogP contribution in [0, 0.1) is 0 Å². The highest BCUT2D eigenvalue weighted by atomic mass is 16.5. The van der Waals surface area contributed by atoms with E-state index in [1.165, 1.54) is 0 Å². The number of carbonyl (C=O) groups is 2. The second-order valence-corrected chi connectivity index (χ2v) is 7.01. The maximum absolute atomic E-state index is 12.7. The van der Waals surface area contributed by atoms with E-state index < -0.39 is 5.97 Å². The highest BCUT2D eigenvalue weighted by Gasteiger charge is 2.25. The lowest BCUT2D eigenvalue weighted by Crippen LogP contribution is -2.48. The van der Waals surface area contributed by atoms with Gasteiger partial charge in [0.25, 0.3) is 0 Å². The lowest BCUT2D eigenvalue weighted by atomic mass is 10.2. The van der Waals surface area contributed by atoms with Crippen LogP contribution in [0.4, 0.5) is 5.69 Å². The number of amides is 1. The molecule has 152 valence electrons. The van der Waals surface area contributed by atoms with E-state index in [2.05, 4.69) is 15.2 Å². The van der Waals surface area contributed by atoms with E-state index >= 15 is 0 Å². The molecule has 0 bridgehead atoms. The number of carbonyl (C=O) groups excluding carboxylic acids is 2. The van der Waals surface area contributed by atoms with Gasteiger partial charge in [0, 0.05) is 24.5 Å². The first-order chi connectivity index (χ1) is 13.4. The summed E-state index contributed by atoms with van der Waals surface area (Å²) in [4.78, 5) is 30.2. The third-order valence-electron chi connectivity index (χ3n) is 4.61. The van der Waals surface area contributed by atoms with Crippen LogP contribution < -0.4 is 10.1 Å². The van der Waals surface area contributed by atoms with Gasteiger partial charge < -0.3 is 24.5 Å². The smallest absolute Gasteiger partial charge is 0.356 e. The molecule has 2 N–H and O–H groups in total. The van der Waals surface area contributed by atoms with Crippen LogP contribution >= 0.6 is 0 Å². The number of aromatic amines is 1. The number of nitrogens with zero attached hydrogens (tertiary/aromatic N) is 1. The molecule has 2 heterocycles. The average Bonchev–Trinajstić information content (AvgIpc) is 2.98. The van der Waals surface area contributed by atoms with E-state index in [9.17, 15) is 9.59 Å². The predicted molar refractivity (Wildman–Crippen MR) is 106 cm³/mol. The van der Waals surface area contributed by atoms with Crippen LogP contribution in [0.5, 0.6) is 5.75 Å². The van der Waals surface area contributed by atoms with Crippen LogP contribution in [0.3, 0.4) is 0 Å². The molecule has 1 aromatic carbocycles. The summed E-state index contributed by atoms with van der Waals surface area (Å²) < 4.78 is 16.1. The van der Waals surface area contributed by atoms with Crippen molar-refractivity contribution in [1.29, 1.82) is 0 Å². The summed E-state index contributed by atoms with van der Waals surface area (Å²) in [5.74, 6) is -0.0523. The molecule has 2 unspecified atom stereocenters. The molecule has 3 rings (SSSR count). The summed E-state index contributed by atoms with van der Waals surface area (Å²) in [6.07, 6.45) is 0.152. The number of aromatic nitrogens is 1. The molecule has 0 radical (unpaired) electrons. The number of rotatable bonds is 6. The fourth-order valence-electron chi connectivity index (χ4n) is 3.59. The SMILES string of the molecule is CCOC(=O)c1[nH]c2cc(OC)ccc2c1NC(=O)CN1CC(C)OC(C)C1. The maximum Gasteiger partial charge on any atom is 0.356 e. The van der Waals surface area contributed by atoms with Crippen LogP contribution in [0.2, 0.25) is 0 Å². The van der Waals surface area contributed by atoms with Gasteiger partial charge in [-0.2, -0.15) is 0 Å². The lowest BCUT2D eigenvalue weighted by Gasteiger charge is -2.34. The summed E-state index contributed by atoms with van der Waals surface area (Å²) in [6.45, 7) is 7.57. The van der Waals surface area contributed by atoms with Crippen LogP contribution in [-0.4, -0.2) is 67.3 Å². The topological polar surface area (TPSA) is 92.9 Å². The lowest BCUT2D eigenvalue weighted by molar-refractivity contribution is -0.121. The molecular weight excluding hydrogens is 362 g/mol. The van der Waals surface area contributed by atoms with Crippen molar-refractivity contribution in [2.75, 3.05) is 38.7 Å². The molecule has 8 nitrogen and oxygen atoms in total. The number of hydrogen-bond donors (Lipinski definition) is 2. The fraction of sp³-hybridized carbons (Fsp3) is 0.500. The monoisotopic (exact) mass is 389 g/mol. The molecule has 1 aliphatic heterocycles. The van der Waals surface area contributed by atoms with Crippen molar-refractivity contribution in [1.82, 2.24) is 9.88 Å². The summed E-state index contributed by atoms with van der Waals surface area (Å²) in [5.41, 5.74) is 1.34. The van der Waals surface area contributed by atoms with Gasteiger partial charge in [-0.1, -0.05) is 0 Å². The molecule has 28 heavy (non-hydrogen) atoms. The number of fused-ring (bicyclic) bond motifs is 1. The second kappa shape index (κ2) is 8.62. The van der Waals surface area contributed by atoms with Gasteiger partial charge in [0.15, 0.2) is 0 Å². The van der Waals surface area contributed by atoms with Crippen LogP contribution in [0.1, 0.15) is 31.3 Å². The minimum Gasteiger partial charge on any atom is -0.497 e. The predicted octanol–water partition coefficient (Wildman–Crippen LogP) is 2.40. The summed E-state index contributed by atoms with van der Waals surface area (Å²) >= 11 is 0. The summed E-state index contributed by atoms with van der Waals surface area (Å²) in [5, 5.41) is 3.62. The van der Waals surface area contributed by atoms with Crippen molar-refractivity contribution in [3.8, 4) is 5.75 Å². The maximum atomic E-state index is 12.7. The first-order valence-corrected chi connectivity index (χ1v) is 9.45. The Labute approximate surface area is 164 Å². The largest absolute Gasteiger partial charge is 0.497 e. The number of H-pyrrole nitrogens is 1. The molecule has 8 heteroatoms. The van der Waals surface area contributed by atoms with Gasteiger partial charge >= 0.3 is 5.97 Å². The Balaban J connectivity index is 1.84. The molecule has 1 aromatic heterocycles. The van der Waals surface area contributed by atoms with E-state index in [-0.39, 0.29) is 37.0 Å². The average molecular weight is 389 g/mol. The number of methoxy groups -OCH3 is 1. The Kier molecular flexibility index (Phi) is 6.21. The summed E-state index contributed by atoms with van der Waals surface area (Å²) in [7, 11) is 1.57. The number of nitrogens with one attached hydrogen (secondary N) is 2. The third-order valence-corrected chi connectivity index (χ3v) is 4.61. The van der Waals surface area contributed by atoms with E-state index in [4.69, 9.17) is 14.2 Å². The zero-order chi connectivity index (χ0) is 20.3. The zero-order valence-electron chi connectivity index (χ0n) is 16.7. The number of ether oxygens (including phenoxy) is 3. The molecule has 2 atom stereocenters. The number of morpholine rings is 1. The van der Waals surface area contributed by atoms with Gasteiger partial charge in [-0.05, 0) is 32.9 Å². The minimum atomic E-state index is -0.512. The third kappa shape index (κ3) is 4.45. The van der Waals surface area contributed by atoms with Crippen LogP contribution in [0.25, 0.3) is 10.9 Å². The van der Waals surface area contributed by atoms with Crippen molar-refractivity contribution in [3.63, 3.8) is 0 Å². The highest BCUT2D eigenvalue weighted by Crippen LogP contribution is 2.31. The molecule has 1 aliphatic rings. The Morgan fingerprint density at radius 1 is 1.29 bits per heavy atom. The van der Waals surface area contributed by atoms with Crippen LogP contribution in [-0.2, 0) is 14.3 Å². The molecule has 2 aromatic rings. The highest BCUT2D eigenvalue weighted by molar-refractivity contribution is 6.11. The normalized spacial score (nSPS) is 20.1. The van der Waals surface area contributed by atoms with Gasteiger partial charge in [0.2, 0.25) is 5.91 Å². The van der Waals surface area contributed by atoms with Crippen molar-refractivity contribution in [2.45, 2.75) is 33.0 Å². The van der Waals surface area contributed by atoms with Crippen LogP contribution in [0.15, 0.2) is 18.2 Å². The van der Waals surface area contributed by atoms with Gasteiger partial charge in [0.1, 0.15) is 11.4 Å². The second-order valence-electron chi connectivity index (χ2n) is 7.01. The Bertz CT molecular complexity index is 853. The molecule has 1 amide bonds. The number of esters is 1. The van der Waals surface area contributed by atoms with E-state index in [1.54, 1.807) is 26.2 Å². The van der Waals surface area contributed by atoms with E-state index in [1.807, 2.05) is 19.9 Å². The van der Waals surface area contributed by atoms with Gasteiger partial charge in [-0.25, -0.2) is 4.79 Å². The zero-order valence-corrected chi connectivity index (χ0v) is 16.7. The Morgan fingerprint density at radius 2 is 2.00 bits per heavy atom. The Morgan fingerprint density at radius 3 is 2.64 bits per heavy atom. The minimum absolute atomic E-state index is 0.0761. The molecule has 0 spiro atoms. The number of benzene rings is 1. The Hall–Kier alpha value is -2.58.